The third kappa shape index (κ3) is 4.21. The first-order valence-corrected chi connectivity index (χ1v) is 7.90. The second kappa shape index (κ2) is 7.46. The van der Waals surface area contributed by atoms with Crippen LogP contribution in [-0.2, 0) is 4.79 Å². The fraction of sp³-hybridized carbons (Fsp3) is 0.588. The van der Waals surface area contributed by atoms with Crippen LogP contribution in [0.1, 0.15) is 38.2 Å². The van der Waals surface area contributed by atoms with Gasteiger partial charge in [0.05, 0.1) is 5.92 Å². The van der Waals surface area contributed by atoms with E-state index in [1.54, 1.807) is 0 Å². The number of hydrogen-bond donors (Lipinski definition) is 2. The Morgan fingerprint density at radius 2 is 2.19 bits per heavy atom. The number of hydrogen-bond acceptors (Lipinski definition) is 3. The summed E-state index contributed by atoms with van der Waals surface area (Å²) in [5.74, 6) is 0.154. The highest BCUT2D eigenvalue weighted by molar-refractivity contribution is 5.86. The van der Waals surface area contributed by atoms with E-state index in [1.165, 1.54) is 0 Å². The number of carbonyl (C=O) groups excluding carboxylic acids is 1. The van der Waals surface area contributed by atoms with E-state index < -0.39 is 0 Å². The molecule has 0 spiro atoms. The molecule has 0 aliphatic carbocycles. The Bertz CT molecular complexity index is 473. The van der Waals surface area contributed by atoms with Gasteiger partial charge in [-0.3, -0.25) is 4.79 Å². The number of carbonyl (C=O) groups is 1. The molecule has 1 aromatic carbocycles. The van der Waals surface area contributed by atoms with Crippen LogP contribution in [-0.4, -0.2) is 43.5 Å². The van der Waals surface area contributed by atoms with E-state index in [1.807, 2.05) is 18.2 Å². The smallest absolute Gasteiger partial charge is 0.227 e. The molecule has 0 aromatic heterocycles. The summed E-state index contributed by atoms with van der Waals surface area (Å²) < 4.78 is 0. The van der Waals surface area contributed by atoms with Gasteiger partial charge in [0.25, 0.3) is 0 Å². The molecule has 2 rings (SSSR count). The summed E-state index contributed by atoms with van der Waals surface area (Å²) in [5.41, 5.74) is 2.23. The minimum atomic E-state index is -0.00900. The summed E-state index contributed by atoms with van der Waals surface area (Å²) in [4.78, 5) is 14.7. The van der Waals surface area contributed by atoms with Gasteiger partial charge in [0.2, 0.25) is 5.91 Å². The van der Waals surface area contributed by atoms with Crippen molar-refractivity contribution in [3.8, 4) is 0 Å². The van der Waals surface area contributed by atoms with E-state index in [9.17, 15) is 4.79 Å². The first-order chi connectivity index (χ1) is 10.1. The number of anilines is 1. The van der Waals surface area contributed by atoms with Gasteiger partial charge in [-0.1, -0.05) is 18.2 Å². The van der Waals surface area contributed by atoms with Crippen LogP contribution >= 0.6 is 0 Å². The van der Waals surface area contributed by atoms with Crippen LogP contribution < -0.4 is 10.6 Å². The maximum Gasteiger partial charge on any atom is 0.227 e. The second-order valence-corrected chi connectivity index (χ2v) is 6.07. The third-order valence-electron chi connectivity index (χ3n) is 4.27. The number of fused-ring (bicyclic) bond motifs is 1. The minimum absolute atomic E-state index is 0.00900. The lowest BCUT2D eigenvalue weighted by atomic mass is 9.90. The van der Waals surface area contributed by atoms with Crippen LogP contribution in [0.15, 0.2) is 24.3 Å². The van der Waals surface area contributed by atoms with Gasteiger partial charge in [-0.25, -0.2) is 0 Å². The normalized spacial score (nSPS) is 17.5. The Labute approximate surface area is 127 Å². The molecular formula is C17H27N3O. The maximum absolute atomic E-state index is 12.4. The first-order valence-electron chi connectivity index (χ1n) is 7.90. The largest absolute Gasteiger partial charge is 0.385 e. The average molecular weight is 289 g/mol. The molecule has 1 amide bonds. The predicted molar refractivity (Wildman–Crippen MR) is 87.7 cm³/mol. The summed E-state index contributed by atoms with van der Waals surface area (Å²) in [6.07, 6.45) is 1.86. The number of amides is 1. The van der Waals surface area contributed by atoms with Crippen LogP contribution in [0.4, 0.5) is 5.69 Å². The third-order valence-corrected chi connectivity index (χ3v) is 4.27. The van der Waals surface area contributed by atoms with Crippen molar-refractivity contribution in [3.05, 3.63) is 29.8 Å². The molecule has 1 aliphatic heterocycles. The number of nitrogens with one attached hydrogen (secondary N) is 2. The van der Waals surface area contributed by atoms with Crippen LogP contribution in [0.2, 0.25) is 0 Å². The zero-order valence-corrected chi connectivity index (χ0v) is 13.4. The fourth-order valence-corrected chi connectivity index (χ4v) is 2.66. The van der Waals surface area contributed by atoms with Gasteiger partial charge in [-0.2, -0.15) is 0 Å². The van der Waals surface area contributed by atoms with Crippen molar-refractivity contribution < 1.29 is 4.79 Å². The van der Waals surface area contributed by atoms with Crippen molar-refractivity contribution >= 4 is 11.6 Å². The van der Waals surface area contributed by atoms with Crippen molar-refractivity contribution in [1.29, 1.82) is 0 Å². The van der Waals surface area contributed by atoms with Crippen LogP contribution in [0.3, 0.4) is 0 Å². The molecule has 0 fully saturated rings. The Kier molecular flexibility index (Phi) is 5.62. The molecule has 1 unspecified atom stereocenters. The highest BCUT2D eigenvalue weighted by atomic mass is 16.1. The van der Waals surface area contributed by atoms with Gasteiger partial charge < -0.3 is 15.5 Å². The highest BCUT2D eigenvalue weighted by Gasteiger charge is 2.25. The molecule has 0 radical (unpaired) electrons. The lowest BCUT2D eigenvalue weighted by Gasteiger charge is -2.26. The van der Waals surface area contributed by atoms with Gasteiger partial charge in [0.15, 0.2) is 0 Å². The molecule has 21 heavy (non-hydrogen) atoms. The molecule has 4 nitrogen and oxygen atoms in total. The summed E-state index contributed by atoms with van der Waals surface area (Å²) >= 11 is 0. The summed E-state index contributed by atoms with van der Waals surface area (Å²) in [6.45, 7) is 7.00. The molecule has 1 aliphatic rings. The Morgan fingerprint density at radius 3 is 2.95 bits per heavy atom. The van der Waals surface area contributed by atoms with Gasteiger partial charge >= 0.3 is 0 Å². The molecule has 0 saturated heterocycles. The lowest BCUT2D eigenvalue weighted by Crippen LogP contribution is -2.35. The zero-order chi connectivity index (χ0) is 15.2. The molecule has 1 heterocycles. The quantitative estimate of drug-likeness (QED) is 0.791. The number of rotatable bonds is 6. The van der Waals surface area contributed by atoms with Gasteiger partial charge in [0.1, 0.15) is 0 Å². The zero-order valence-electron chi connectivity index (χ0n) is 13.4. The maximum atomic E-state index is 12.4. The van der Waals surface area contributed by atoms with Gasteiger partial charge in [-0.15, -0.1) is 0 Å². The minimum Gasteiger partial charge on any atom is -0.385 e. The molecule has 4 heteroatoms. The van der Waals surface area contributed by atoms with E-state index in [4.69, 9.17) is 0 Å². The molecule has 2 N–H and O–H groups in total. The monoisotopic (exact) mass is 289 g/mol. The summed E-state index contributed by atoms with van der Waals surface area (Å²) in [6, 6.07) is 8.67. The van der Waals surface area contributed by atoms with Crippen molar-refractivity contribution in [2.24, 2.45) is 0 Å². The number of benzene rings is 1. The topological polar surface area (TPSA) is 44.4 Å². The number of para-hydroxylation sites is 1. The molecule has 0 bridgehead atoms. The summed E-state index contributed by atoms with van der Waals surface area (Å²) in [5, 5.41) is 6.45. The molecule has 0 saturated carbocycles. The van der Waals surface area contributed by atoms with E-state index in [2.05, 4.69) is 42.5 Å². The Balaban J connectivity index is 1.82. The van der Waals surface area contributed by atoms with Crippen molar-refractivity contribution in [1.82, 2.24) is 10.2 Å². The standard InChI is InChI=1S/C17H27N3O/c1-13(2)20(3)12-6-10-19-17(21)15-9-11-18-16-8-5-4-7-14(15)16/h4-5,7-8,13,15,18H,6,9-12H2,1-3H3,(H,19,21). The first kappa shape index (κ1) is 15.8. The van der Waals surface area contributed by atoms with Crippen LogP contribution in [0.25, 0.3) is 0 Å². The average Bonchev–Trinajstić information content (AvgIpc) is 2.50. The van der Waals surface area contributed by atoms with Crippen molar-refractivity contribution in [2.45, 2.75) is 38.6 Å². The lowest BCUT2D eigenvalue weighted by molar-refractivity contribution is -0.122. The second-order valence-electron chi connectivity index (χ2n) is 6.07. The summed E-state index contributed by atoms with van der Waals surface area (Å²) in [7, 11) is 2.12. The van der Waals surface area contributed by atoms with E-state index in [0.717, 1.165) is 43.7 Å². The van der Waals surface area contributed by atoms with Gasteiger partial charge in [0, 0.05) is 24.8 Å². The van der Waals surface area contributed by atoms with E-state index in [-0.39, 0.29) is 11.8 Å². The fourth-order valence-electron chi connectivity index (χ4n) is 2.66. The number of nitrogens with zero attached hydrogens (tertiary/aromatic N) is 1. The van der Waals surface area contributed by atoms with Crippen LogP contribution in [0.5, 0.6) is 0 Å². The Morgan fingerprint density at radius 1 is 1.43 bits per heavy atom. The SMILES string of the molecule is CC(C)N(C)CCCNC(=O)C1CCNc2ccccc21. The van der Waals surface area contributed by atoms with E-state index in [0.29, 0.717) is 6.04 Å². The molecular weight excluding hydrogens is 262 g/mol. The molecule has 1 atom stereocenters. The van der Waals surface area contributed by atoms with Crippen LogP contribution in [0, 0.1) is 0 Å². The van der Waals surface area contributed by atoms with E-state index >= 15 is 0 Å². The van der Waals surface area contributed by atoms with Crippen molar-refractivity contribution in [2.75, 3.05) is 32.0 Å². The predicted octanol–water partition coefficient (Wildman–Crippen LogP) is 2.43. The molecule has 116 valence electrons. The van der Waals surface area contributed by atoms with Gasteiger partial charge in [-0.05, 0) is 51.9 Å². The highest BCUT2D eigenvalue weighted by Crippen LogP contribution is 2.31. The molecule has 1 aromatic rings. The Hall–Kier alpha value is -1.55. The van der Waals surface area contributed by atoms with Crippen molar-refractivity contribution in [3.63, 3.8) is 0 Å².